The van der Waals surface area contributed by atoms with Crippen LogP contribution in [0, 0.1) is 11.6 Å². The Balaban J connectivity index is 1.42. The van der Waals surface area contributed by atoms with Gasteiger partial charge in [0.2, 0.25) is 11.6 Å². The van der Waals surface area contributed by atoms with Gasteiger partial charge in [-0.05, 0) is 89.0 Å². The first kappa shape index (κ1) is 32.4. The number of rotatable bonds is 3. The molecule has 5 aromatic rings. The van der Waals surface area contributed by atoms with Gasteiger partial charge in [-0.3, -0.25) is 9.59 Å². The van der Waals surface area contributed by atoms with Crippen LogP contribution in [0.1, 0.15) is 61.7 Å². The standard InChI is InChI=1S/C37H21F8NO2S/c1-35(2)25-15-18(22-5-3-4-6-24(22)37(43,44)45)7-14-29(25)46(20-10-8-19(9-11-20)36(40,41)42)34-26(35)17-21(49-34)16-23-32(47)30-27(38)12-13-28(39)31(30)33(23)48/h3-17H,1-2H3. The molecule has 0 spiro atoms. The molecule has 4 aromatic carbocycles. The number of nitrogens with zero attached hydrogens (tertiary/aromatic N) is 1. The predicted molar refractivity (Wildman–Crippen MR) is 170 cm³/mol. The number of hydrogen-bond acceptors (Lipinski definition) is 4. The number of alkyl halides is 6. The topological polar surface area (TPSA) is 37.4 Å². The molecule has 0 radical (unpaired) electrons. The highest BCUT2D eigenvalue weighted by atomic mass is 32.1. The summed E-state index contributed by atoms with van der Waals surface area (Å²) in [4.78, 5) is 28.2. The van der Waals surface area contributed by atoms with Crippen molar-refractivity contribution in [3.8, 4) is 11.1 Å². The Hall–Kier alpha value is -5.10. The molecule has 3 nitrogen and oxygen atoms in total. The van der Waals surface area contributed by atoms with Gasteiger partial charge < -0.3 is 4.90 Å². The Labute approximate surface area is 277 Å². The van der Waals surface area contributed by atoms with Crippen LogP contribution in [0.5, 0.6) is 0 Å². The zero-order chi connectivity index (χ0) is 35.2. The van der Waals surface area contributed by atoms with E-state index in [1.165, 1.54) is 42.5 Å². The van der Waals surface area contributed by atoms with E-state index in [-0.39, 0.29) is 11.1 Å². The van der Waals surface area contributed by atoms with Gasteiger partial charge in [0, 0.05) is 16.0 Å². The highest BCUT2D eigenvalue weighted by Crippen LogP contribution is 2.56. The van der Waals surface area contributed by atoms with Crippen LogP contribution in [-0.2, 0) is 17.8 Å². The number of thiophene rings is 1. The van der Waals surface area contributed by atoms with Crippen molar-refractivity contribution in [3.05, 3.63) is 140 Å². The lowest BCUT2D eigenvalue weighted by molar-refractivity contribution is -0.138. The van der Waals surface area contributed by atoms with E-state index in [4.69, 9.17) is 0 Å². The molecule has 1 aliphatic heterocycles. The maximum Gasteiger partial charge on any atom is 0.417 e. The van der Waals surface area contributed by atoms with Crippen molar-refractivity contribution in [3.63, 3.8) is 0 Å². The van der Waals surface area contributed by atoms with Gasteiger partial charge in [0.05, 0.1) is 33.5 Å². The SMILES string of the molecule is CC1(C)c2cc(-c3ccccc3C(F)(F)F)ccc2N(c2ccc(C(F)(F)F)cc2)c2sc(C=C3C(=O)c4c(F)ccc(F)c4C3=O)cc21. The minimum Gasteiger partial charge on any atom is -0.301 e. The van der Waals surface area contributed by atoms with Gasteiger partial charge in [0.15, 0.2) is 0 Å². The van der Waals surface area contributed by atoms with E-state index in [1.54, 1.807) is 23.1 Å². The molecule has 0 saturated carbocycles. The van der Waals surface area contributed by atoms with Crippen molar-refractivity contribution < 1.29 is 44.7 Å². The molecule has 0 saturated heterocycles. The Morgan fingerprint density at radius 3 is 1.92 bits per heavy atom. The second-order valence-electron chi connectivity index (χ2n) is 12.1. The summed E-state index contributed by atoms with van der Waals surface area (Å²) >= 11 is 1.08. The van der Waals surface area contributed by atoms with Gasteiger partial charge in [-0.2, -0.15) is 26.3 Å². The number of ketones is 2. The Morgan fingerprint density at radius 1 is 0.714 bits per heavy atom. The van der Waals surface area contributed by atoms with E-state index in [0.717, 1.165) is 41.7 Å². The highest BCUT2D eigenvalue weighted by Gasteiger charge is 2.42. The number of anilines is 3. The number of hydrogen-bond donors (Lipinski definition) is 0. The zero-order valence-electron chi connectivity index (χ0n) is 25.4. The Morgan fingerprint density at radius 2 is 1.33 bits per heavy atom. The predicted octanol–water partition coefficient (Wildman–Crippen LogP) is 11.3. The van der Waals surface area contributed by atoms with Crippen molar-refractivity contribution in [1.29, 1.82) is 0 Å². The molecule has 0 atom stereocenters. The van der Waals surface area contributed by atoms with Gasteiger partial charge in [0.25, 0.3) is 0 Å². The van der Waals surface area contributed by atoms with Gasteiger partial charge in [-0.1, -0.05) is 38.1 Å². The van der Waals surface area contributed by atoms with E-state index in [0.29, 0.717) is 32.4 Å². The summed E-state index contributed by atoms with van der Waals surface area (Å²) in [5.41, 5.74) is -2.31. The largest absolute Gasteiger partial charge is 0.417 e. The molecule has 0 amide bonds. The van der Waals surface area contributed by atoms with Crippen molar-refractivity contribution in [2.24, 2.45) is 0 Å². The van der Waals surface area contributed by atoms with E-state index >= 15 is 0 Å². The van der Waals surface area contributed by atoms with Crippen molar-refractivity contribution in [1.82, 2.24) is 0 Å². The minimum absolute atomic E-state index is 0.0616. The molecule has 248 valence electrons. The summed E-state index contributed by atoms with van der Waals surface area (Å²) in [6, 6.07) is 17.4. The van der Waals surface area contributed by atoms with Crippen LogP contribution in [0.25, 0.3) is 17.2 Å². The smallest absolute Gasteiger partial charge is 0.301 e. The van der Waals surface area contributed by atoms with E-state index in [9.17, 15) is 44.7 Å². The lowest BCUT2D eigenvalue weighted by Crippen LogP contribution is -2.29. The molecule has 0 bridgehead atoms. The monoisotopic (exact) mass is 695 g/mol. The van der Waals surface area contributed by atoms with Gasteiger partial charge >= 0.3 is 12.4 Å². The molecule has 1 aromatic heterocycles. The summed E-state index contributed by atoms with van der Waals surface area (Å²) in [7, 11) is 0. The van der Waals surface area contributed by atoms with Crippen molar-refractivity contribution in [2.45, 2.75) is 31.6 Å². The van der Waals surface area contributed by atoms with Crippen LogP contribution in [0.4, 0.5) is 51.5 Å². The zero-order valence-corrected chi connectivity index (χ0v) is 26.2. The molecule has 2 heterocycles. The molecule has 0 unspecified atom stereocenters. The highest BCUT2D eigenvalue weighted by molar-refractivity contribution is 7.17. The minimum atomic E-state index is -4.64. The normalized spacial score (nSPS) is 15.3. The van der Waals surface area contributed by atoms with Gasteiger partial charge in [-0.25, -0.2) is 8.78 Å². The van der Waals surface area contributed by atoms with Gasteiger partial charge in [0.1, 0.15) is 16.6 Å². The second kappa shape index (κ2) is 11.0. The first-order valence-corrected chi connectivity index (χ1v) is 15.5. The molecule has 0 N–H and O–H groups in total. The van der Waals surface area contributed by atoms with Crippen molar-refractivity contribution >= 4 is 45.4 Å². The van der Waals surface area contributed by atoms with E-state index in [2.05, 4.69) is 0 Å². The fourth-order valence-corrected chi connectivity index (χ4v) is 7.71. The van der Waals surface area contributed by atoms with Crippen LogP contribution in [0.15, 0.2) is 90.5 Å². The van der Waals surface area contributed by atoms with Crippen LogP contribution >= 0.6 is 11.3 Å². The van der Waals surface area contributed by atoms with Crippen LogP contribution < -0.4 is 4.90 Å². The molecule has 0 fully saturated rings. The number of allylic oxidation sites excluding steroid dienone is 1. The Kier molecular flexibility index (Phi) is 7.26. The summed E-state index contributed by atoms with van der Waals surface area (Å²) in [6.45, 7) is 3.65. The molecular formula is C37H21F8NO2S. The lowest BCUT2D eigenvalue weighted by Gasteiger charge is -2.40. The molecule has 12 heteroatoms. The maximum absolute atomic E-state index is 14.5. The number of Topliss-reactive ketones (excluding diaryl/α,β-unsaturated/α-hetero) is 2. The average Bonchev–Trinajstić information content (AvgIpc) is 3.58. The average molecular weight is 696 g/mol. The summed E-state index contributed by atoms with van der Waals surface area (Å²) in [6.07, 6.45) is -8.02. The number of carbonyl (C=O) groups excluding carboxylic acids is 2. The van der Waals surface area contributed by atoms with E-state index < -0.39 is 68.8 Å². The third-order valence-electron chi connectivity index (χ3n) is 8.85. The third kappa shape index (κ3) is 5.16. The van der Waals surface area contributed by atoms with Crippen LogP contribution in [0.2, 0.25) is 0 Å². The molecule has 7 rings (SSSR count). The van der Waals surface area contributed by atoms with Crippen LogP contribution in [0.3, 0.4) is 0 Å². The van der Waals surface area contributed by atoms with Crippen molar-refractivity contribution in [2.75, 3.05) is 4.90 Å². The molecule has 1 aliphatic carbocycles. The first-order valence-electron chi connectivity index (χ1n) is 14.7. The maximum atomic E-state index is 14.5. The molecule has 2 aliphatic rings. The summed E-state index contributed by atoms with van der Waals surface area (Å²) in [5, 5.41) is 0.500. The fraction of sp³-hybridized carbons (Fsp3) is 0.135. The summed E-state index contributed by atoms with van der Waals surface area (Å²) < 4.78 is 111. The number of carbonyl (C=O) groups is 2. The van der Waals surface area contributed by atoms with E-state index in [1.807, 2.05) is 13.8 Å². The quantitative estimate of drug-likeness (QED) is 0.107. The van der Waals surface area contributed by atoms with Crippen LogP contribution in [-0.4, -0.2) is 11.6 Å². The van der Waals surface area contributed by atoms with Gasteiger partial charge in [-0.15, -0.1) is 11.3 Å². The fourth-order valence-electron chi connectivity index (χ4n) is 6.42. The lowest BCUT2D eigenvalue weighted by atomic mass is 9.74. The third-order valence-corrected chi connectivity index (χ3v) is 9.92. The molecule has 49 heavy (non-hydrogen) atoms. The first-order chi connectivity index (χ1) is 23.0. The number of fused-ring (bicyclic) bond motifs is 3. The summed E-state index contributed by atoms with van der Waals surface area (Å²) in [5.74, 6) is -4.06. The number of halogens is 8. The second-order valence-corrected chi connectivity index (χ2v) is 13.2. The number of benzene rings is 4. The Bertz CT molecular complexity index is 2200. The molecular weight excluding hydrogens is 674 g/mol.